The van der Waals surface area contributed by atoms with Gasteiger partial charge in [0.1, 0.15) is 16.4 Å². The molecule has 0 aromatic heterocycles. The number of methoxy groups -OCH3 is 1. The van der Waals surface area contributed by atoms with Crippen LogP contribution in [-0.4, -0.2) is 40.6 Å². The number of ether oxygens (including phenoxy) is 2. The smallest absolute Gasteiger partial charge is 0.262 e. The zero-order valence-electron chi connectivity index (χ0n) is 13.4. The standard InChI is InChI=1S/C15H21N3O5S/c1-22-13-5-11-12(23-8-15(19)17-11)6-14(13)24(20,21)18-10-4-2-3-9(10)7-16/h5-6,9-10,18H,2-4,7-8,16H2,1H3,(H,17,19). The maximum Gasteiger partial charge on any atom is 0.262 e. The Kier molecular flexibility index (Phi) is 4.66. The number of hydrogen-bond acceptors (Lipinski definition) is 6. The molecule has 9 heteroatoms. The zero-order chi connectivity index (χ0) is 17.3. The third kappa shape index (κ3) is 3.19. The number of fused-ring (bicyclic) bond motifs is 1. The zero-order valence-corrected chi connectivity index (χ0v) is 14.2. The fraction of sp³-hybridized carbons (Fsp3) is 0.533. The van der Waals surface area contributed by atoms with Gasteiger partial charge in [0.05, 0.1) is 12.8 Å². The number of nitrogens with one attached hydrogen (secondary N) is 2. The summed E-state index contributed by atoms with van der Waals surface area (Å²) in [6.07, 6.45) is 2.63. The summed E-state index contributed by atoms with van der Waals surface area (Å²) in [5.74, 6) is 0.292. The Morgan fingerprint density at radius 1 is 1.42 bits per heavy atom. The molecule has 3 rings (SSSR count). The second-order valence-electron chi connectivity index (χ2n) is 5.99. The van der Waals surface area contributed by atoms with Crippen molar-refractivity contribution in [3.63, 3.8) is 0 Å². The lowest BCUT2D eigenvalue weighted by atomic mass is 10.1. The Balaban J connectivity index is 1.93. The van der Waals surface area contributed by atoms with Gasteiger partial charge in [-0.3, -0.25) is 4.79 Å². The molecule has 1 heterocycles. The van der Waals surface area contributed by atoms with E-state index >= 15 is 0 Å². The van der Waals surface area contributed by atoms with Gasteiger partial charge >= 0.3 is 0 Å². The highest BCUT2D eigenvalue weighted by atomic mass is 32.2. The van der Waals surface area contributed by atoms with Crippen molar-refractivity contribution in [1.29, 1.82) is 0 Å². The predicted octanol–water partition coefficient (Wildman–Crippen LogP) is 0.432. The molecule has 0 bridgehead atoms. The van der Waals surface area contributed by atoms with Gasteiger partial charge in [0.25, 0.3) is 5.91 Å². The summed E-state index contributed by atoms with van der Waals surface area (Å²) in [6, 6.07) is 2.65. The minimum atomic E-state index is -3.80. The average molecular weight is 355 g/mol. The third-order valence-electron chi connectivity index (χ3n) is 4.46. The Labute approximate surface area is 140 Å². The SMILES string of the molecule is COc1cc2c(cc1S(=O)(=O)NC1CCCC1CN)OCC(=O)N2. The molecule has 1 aliphatic heterocycles. The van der Waals surface area contributed by atoms with Gasteiger partial charge in [-0.15, -0.1) is 0 Å². The maximum atomic E-state index is 12.8. The van der Waals surface area contributed by atoms with E-state index in [-0.39, 0.29) is 35.1 Å². The summed E-state index contributed by atoms with van der Waals surface area (Å²) in [6.45, 7) is 0.299. The summed E-state index contributed by atoms with van der Waals surface area (Å²) in [4.78, 5) is 11.4. The first kappa shape index (κ1) is 17.0. The molecule has 24 heavy (non-hydrogen) atoms. The van der Waals surface area contributed by atoms with Gasteiger partial charge in [0.15, 0.2) is 6.61 Å². The lowest BCUT2D eigenvalue weighted by molar-refractivity contribution is -0.118. The minimum Gasteiger partial charge on any atom is -0.495 e. The van der Waals surface area contributed by atoms with Crippen LogP contribution < -0.4 is 25.2 Å². The Morgan fingerprint density at radius 3 is 2.92 bits per heavy atom. The van der Waals surface area contributed by atoms with Crippen molar-refractivity contribution in [2.45, 2.75) is 30.2 Å². The number of sulfonamides is 1. The summed E-state index contributed by atoms with van der Waals surface area (Å²) in [5.41, 5.74) is 6.11. The van der Waals surface area contributed by atoms with E-state index in [4.69, 9.17) is 15.2 Å². The first-order valence-corrected chi connectivity index (χ1v) is 9.30. The van der Waals surface area contributed by atoms with Crippen LogP contribution in [0.5, 0.6) is 11.5 Å². The van der Waals surface area contributed by atoms with Crippen LogP contribution >= 0.6 is 0 Å². The lowest BCUT2D eigenvalue weighted by Crippen LogP contribution is -2.40. The molecule has 1 aromatic rings. The van der Waals surface area contributed by atoms with Crippen molar-refractivity contribution in [3.05, 3.63) is 12.1 Å². The van der Waals surface area contributed by atoms with Gasteiger partial charge in [-0.25, -0.2) is 13.1 Å². The highest BCUT2D eigenvalue weighted by Crippen LogP contribution is 2.37. The number of amides is 1. The molecule has 2 unspecified atom stereocenters. The van der Waals surface area contributed by atoms with Crippen molar-refractivity contribution < 1.29 is 22.7 Å². The van der Waals surface area contributed by atoms with E-state index < -0.39 is 10.0 Å². The van der Waals surface area contributed by atoms with Crippen LogP contribution in [0.2, 0.25) is 0 Å². The van der Waals surface area contributed by atoms with E-state index in [1.807, 2.05) is 0 Å². The number of nitrogens with two attached hydrogens (primary N) is 1. The van der Waals surface area contributed by atoms with Gasteiger partial charge in [0, 0.05) is 18.2 Å². The summed E-state index contributed by atoms with van der Waals surface area (Å²) in [7, 11) is -2.42. The molecule has 1 fully saturated rings. The number of anilines is 1. The van der Waals surface area contributed by atoms with E-state index in [0.29, 0.717) is 18.0 Å². The molecule has 4 N–H and O–H groups in total. The van der Waals surface area contributed by atoms with Crippen molar-refractivity contribution in [1.82, 2.24) is 4.72 Å². The van der Waals surface area contributed by atoms with Crippen LogP contribution in [-0.2, 0) is 14.8 Å². The van der Waals surface area contributed by atoms with Crippen LogP contribution in [0.1, 0.15) is 19.3 Å². The predicted molar refractivity (Wildman–Crippen MR) is 87.6 cm³/mol. The molecular formula is C15H21N3O5S. The fourth-order valence-corrected chi connectivity index (χ4v) is 4.70. The lowest BCUT2D eigenvalue weighted by Gasteiger charge is -2.23. The van der Waals surface area contributed by atoms with E-state index in [0.717, 1.165) is 19.3 Å². The average Bonchev–Trinajstić information content (AvgIpc) is 2.99. The highest BCUT2D eigenvalue weighted by Gasteiger charge is 2.32. The first-order chi connectivity index (χ1) is 11.4. The minimum absolute atomic E-state index is 0.0115. The Bertz CT molecular complexity index is 750. The second-order valence-corrected chi connectivity index (χ2v) is 7.67. The number of benzene rings is 1. The number of carbonyl (C=O) groups excluding carboxylic acids is 1. The van der Waals surface area contributed by atoms with E-state index in [2.05, 4.69) is 10.0 Å². The molecule has 1 saturated carbocycles. The maximum absolute atomic E-state index is 12.8. The molecule has 0 saturated heterocycles. The first-order valence-electron chi connectivity index (χ1n) is 7.81. The largest absolute Gasteiger partial charge is 0.495 e. The Morgan fingerprint density at radius 2 is 2.21 bits per heavy atom. The molecule has 1 aromatic carbocycles. The van der Waals surface area contributed by atoms with Crippen molar-refractivity contribution in [2.24, 2.45) is 11.7 Å². The van der Waals surface area contributed by atoms with Gasteiger partial charge in [-0.1, -0.05) is 6.42 Å². The number of hydrogen-bond donors (Lipinski definition) is 3. The molecule has 0 spiro atoms. The van der Waals surface area contributed by atoms with E-state index in [9.17, 15) is 13.2 Å². The monoisotopic (exact) mass is 355 g/mol. The molecule has 8 nitrogen and oxygen atoms in total. The molecule has 2 atom stereocenters. The van der Waals surface area contributed by atoms with Crippen LogP contribution in [0.15, 0.2) is 17.0 Å². The van der Waals surface area contributed by atoms with Gasteiger partial charge in [0.2, 0.25) is 10.0 Å². The van der Waals surface area contributed by atoms with Gasteiger partial charge in [-0.2, -0.15) is 0 Å². The van der Waals surface area contributed by atoms with Gasteiger partial charge < -0.3 is 20.5 Å². The summed E-state index contributed by atoms with van der Waals surface area (Å²) in [5, 5.41) is 2.63. The number of carbonyl (C=O) groups is 1. The second kappa shape index (κ2) is 6.58. The van der Waals surface area contributed by atoms with Crippen molar-refractivity contribution in [2.75, 3.05) is 25.6 Å². The van der Waals surface area contributed by atoms with Crippen LogP contribution in [0, 0.1) is 5.92 Å². The van der Waals surface area contributed by atoms with Crippen LogP contribution in [0.4, 0.5) is 5.69 Å². The van der Waals surface area contributed by atoms with Crippen LogP contribution in [0.3, 0.4) is 0 Å². The number of rotatable bonds is 5. The third-order valence-corrected chi connectivity index (χ3v) is 5.97. The Hall–Kier alpha value is -1.84. The molecule has 132 valence electrons. The van der Waals surface area contributed by atoms with E-state index in [1.165, 1.54) is 19.2 Å². The van der Waals surface area contributed by atoms with E-state index in [1.54, 1.807) is 0 Å². The molecule has 0 radical (unpaired) electrons. The summed E-state index contributed by atoms with van der Waals surface area (Å²) >= 11 is 0. The summed E-state index contributed by atoms with van der Waals surface area (Å²) < 4.78 is 38.8. The molecule has 1 amide bonds. The topological polar surface area (TPSA) is 120 Å². The fourth-order valence-electron chi connectivity index (χ4n) is 3.19. The van der Waals surface area contributed by atoms with Crippen molar-refractivity contribution in [3.8, 4) is 11.5 Å². The molecule has 1 aliphatic carbocycles. The quantitative estimate of drug-likeness (QED) is 0.705. The molecular weight excluding hydrogens is 334 g/mol. The van der Waals surface area contributed by atoms with Crippen molar-refractivity contribution >= 4 is 21.6 Å². The highest BCUT2D eigenvalue weighted by molar-refractivity contribution is 7.89. The van der Waals surface area contributed by atoms with Gasteiger partial charge in [-0.05, 0) is 25.3 Å². The molecule has 2 aliphatic rings. The van der Waals surface area contributed by atoms with Crippen LogP contribution in [0.25, 0.3) is 0 Å². The normalized spacial score (nSPS) is 23.3.